The number of aromatic nitrogens is 2. The summed E-state index contributed by atoms with van der Waals surface area (Å²) in [5.74, 6) is -0.119. The van der Waals surface area contributed by atoms with Crippen molar-refractivity contribution in [3.8, 4) is 11.3 Å². The van der Waals surface area contributed by atoms with Crippen LogP contribution in [0, 0.1) is 0 Å². The number of nitrogens with zero attached hydrogens (tertiary/aromatic N) is 1. The van der Waals surface area contributed by atoms with E-state index in [2.05, 4.69) is 20.8 Å². The summed E-state index contributed by atoms with van der Waals surface area (Å²) < 4.78 is 0. The summed E-state index contributed by atoms with van der Waals surface area (Å²) in [4.78, 5) is 12.1. The van der Waals surface area contributed by atoms with Crippen molar-refractivity contribution in [2.75, 3.05) is 13.1 Å². The predicted molar refractivity (Wildman–Crippen MR) is 85.0 cm³/mol. The molecule has 1 aliphatic heterocycles. The van der Waals surface area contributed by atoms with Gasteiger partial charge in [-0.1, -0.05) is 23.7 Å². The molecular formula is C14H16Cl2N4O. The Morgan fingerprint density at radius 3 is 2.76 bits per heavy atom. The number of H-pyrrole nitrogens is 1. The molecule has 1 unspecified atom stereocenters. The van der Waals surface area contributed by atoms with Gasteiger partial charge in [-0.3, -0.25) is 9.89 Å². The van der Waals surface area contributed by atoms with Gasteiger partial charge in [-0.15, -0.1) is 12.4 Å². The average Bonchev–Trinajstić information content (AvgIpc) is 3.10. The zero-order chi connectivity index (χ0) is 13.9. The number of halogens is 2. The van der Waals surface area contributed by atoms with Crippen molar-refractivity contribution in [1.29, 1.82) is 0 Å². The first-order valence-corrected chi connectivity index (χ1v) is 6.93. The fourth-order valence-electron chi connectivity index (χ4n) is 2.25. The predicted octanol–water partition coefficient (Wildman–Crippen LogP) is 2.24. The molecule has 1 aromatic heterocycles. The summed E-state index contributed by atoms with van der Waals surface area (Å²) in [6.07, 6.45) is 0.962. The molecule has 1 aliphatic rings. The molecule has 0 aliphatic carbocycles. The summed E-state index contributed by atoms with van der Waals surface area (Å²) in [5, 5.41) is 13.8. The molecule has 1 fully saturated rings. The van der Waals surface area contributed by atoms with E-state index < -0.39 is 0 Å². The van der Waals surface area contributed by atoms with Crippen LogP contribution >= 0.6 is 24.0 Å². The van der Waals surface area contributed by atoms with E-state index in [4.69, 9.17) is 11.6 Å². The Morgan fingerprint density at radius 2 is 2.10 bits per heavy atom. The maximum atomic E-state index is 12.1. The molecule has 1 saturated heterocycles. The van der Waals surface area contributed by atoms with Crippen LogP contribution in [-0.4, -0.2) is 35.2 Å². The quantitative estimate of drug-likeness (QED) is 0.810. The number of rotatable bonds is 3. The highest BCUT2D eigenvalue weighted by Crippen LogP contribution is 2.20. The number of aromatic amines is 1. The van der Waals surface area contributed by atoms with Crippen LogP contribution in [-0.2, 0) is 0 Å². The largest absolute Gasteiger partial charge is 0.347 e. The molecule has 112 valence electrons. The van der Waals surface area contributed by atoms with Crippen LogP contribution in [0.15, 0.2) is 30.3 Å². The molecule has 0 radical (unpaired) electrons. The van der Waals surface area contributed by atoms with Gasteiger partial charge in [0, 0.05) is 23.2 Å². The molecule has 7 heteroatoms. The molecule has 3 rings (SSSR count). The van der Waals surface area contributed by atoms with E-state index >= 15 is 0 Å². The third-order valence-electron chi connectivity index (χ3n) is 3.36. The van der Waals surface area contributed by atoms with Crippen molar-refractivity contribution < 1.29 is 4.79 Å². The smallest absolute Gasteiger partial charge is 0.269 e. The third kappa shape index (κ3) is 3.75. The van der Waals surface area contributed by atoms with Gasteiger partial charge in [0.2, 0.25) is 0 Å². The first-order valence-electron chi connectivity index (χ1n) is 6.55. The maximum Gasteiger partial charge on any atom is 0.269 e. The standard InChI is InChI=1S/C14H15ClN4O.ClH/c15-10-3-1-9(2-4-10)12-7-13(19-18-12)14(20)17-11-5-6-16-8-11;/h1-4,7,11,16H,5-6,8H2,(H,17,20)(H,18,19);1H. The molecule has 0 saturated carbocycles. The minimum Gasteiger partial charge on any atom is -0.347 e. The first-order chi connectivity index (χ1) is 9.72. The zero-order valence-electron chi connectivity index (χ0n) is 11.2. The second-order valence-corrected chi connectivity index (χ2v) is 5.27. The number of carbonyl (C=O) groups is 1. The lowest BCUT2D eigenvalue weighted by Gasteiger charge is -2.09. The Labute approximate surface area is 133 Å². The van der Waals surface area contributed by atoms with Gasteiger partial charge >= 0.3 is 0 Å². The second kappa shape index (κ2) is 6.93. The lowest BCUT2D eigenvalue weighted by atomic mass is 10.1. The van der Waals surface area contributed by atoms with E-state index in [-0.39, 0.29) is 24.4 Å². The van der Waals surface area contributed by atoms with Crippen molar-refractivity contribution >= 4 is 29.9 Å². The Hall–Kier alpha value is -1.56. The fraction of sp³-hybridized carbons (Fsp3) is 0.286. The maximum absolute atomic E-state index is 12.1. The fourth-order valence-corrected chi connectivity index (χ4v) is 2.37. The minimum atomic E-state index is -0.119. The number of amides is 1. The van der Waals surface area contributed by atoms with Gasteiger partial charge in [0.05, 0.1) is 5.69 Å². The van der Waals surface area contributed by atoms with Crippen molar-refractivity contribution in [2.24, 2.45) is 0 Å². The molecule has 1 atom stereocenters. The summed E-state index contributed by atoms with van der Waals surface area (Å²) in [7, 11) is 0. The number of nitrogens with one attached hydrogen (secondary N) is 3. The highest BCUT2D eigenvalue weighted by atomic mass is 35.5. The van der Waals surface area contributed by atoms with Crippen LogP contribution in [0.2, 0.25) is 5.02 Å². The number of hydrogen-bond donors (Lipinski definition) is 3. The van der Waals surface area contributed by atoms with Crippen molar-refractivity contribution in [1.82, 2.24) is 20.8 Å². The summed E-state index contributed by atoms with van der Waals surface area (Å²) in [5.41, 5.74) is 2.13. The topological polar surface area (TPSA) is 69.8 Å². The van der Waals surface area contributed by atoms with E-state index in [1.54, 1.807) is 18.2 Å². The van der Waals surface area contributed by atoms with Crippen LogP contribution < -0.4 is 10.6 Å². The molecule has 1 aromatic carbocycles. The summed E-state index contributed by atoms with van der Waals surface area (Å²) >= 11 is 5.85. The molecule has 5 nitrogen and oxygen atoms in total. The lowest BCUT2D eigenvalue weighted by molar-refractivity contribution is 0.0935. The van der Waals surface area contributed by atoms with Crippen LogP contribution in [0.3, 0.4) is 0 Å². The molecule has 21 heavy (non-hydrogen) atoms. The van der Waals surface area contributed by atoms with Crippen molar-refractivity contribution in [3.63, 3.8) is 0 Å². The van der Waals surface area contributed by atoms with Gasteiger partial charge in [0.25, 0.3) is 5.91 Å². The van der Waals surface area contributed by atoms with Crippen LogP contribution in [0.25, 0.3) is 11.3 Å². The molecule has 0 bridgehead atoms. The van der Waals surface area contributed by atoms with E-state index in [1.165, 1.54) is 0 Å². The zero-order valence-corrected chi connectivity index (χ0v) is 12.8. The molecule has 3 N–H and O–H groups in total. The van der Waals surface area contributed by atoms with Gasteiger partial charge in [0.1, 0.15) is 5.69 Å². The molecule has 2 heterocycles. The lowest BCUT2D eigenvalue weighted by Crippen LogP contribution is -2.36. The highest BCUT2D eigenvalue weighted by molar-refractivity contribution is 6.30. The summed E-state index contributed by atoms with van der Waals surface area (Å²) in [6.45, 7) is 1.77. The normalized spacial score (nSPS) is 17.3. The Balaban J connectivity index is 0.00000161. The molecular weight excluding hydrogens is 311 g/mol. The minimum absolute atomic E-state index is 0. The molecule has 2 aromatic rings. The first kappa shape index (κ1) is 15.8. The average molecular weight is 327 g/mol. The highest BCUT2D eigenvalue weighted by Gasteiger charge is 2.19. The molecule has 0 spiro atoms. The molecule has 1 amide bonds. The Kier molecular flexibility index (Phi) is 5.22. The van der Waals surface area contributed by atoms with E-state index in [0.29, 0.717) is 10.7 Å². The second-order valence-electron chi connectivity index (χ2n) is 4.84. The van der Waals surface area contributed by atoms with Gasteiger partial charge in [-0.25, -0.2) is 0 Å². The number of benzene rings is 1. The third-order valence-corrected chi connectivity index (χ3v) is 3.61. The van der Waals surface area contributed by atoms with Crippen molar-refractivity contribution in [3.05, 3.63) is 41.0 Å². The summed E-state index contributed by atoms with van der Waals surface area (Å²) in [6, 6.07) is 9.30. The number of carbonyl (C=O) groups excluding carboxylic acids is 1. The number of hydrogen-bond acceptors (Lipinski definition) is 3. The van der Waals surface area contributed by atoms with Gasteiger partial charge in [-0.05, 0) is 31.2 Å². The SMILES string of the molecule is Cl.O=C(NC1CCNC1)c1cc(-c2ccc(Cl)cc2)n[nH]1. The van der Waals surface area contributed by atoms with Crippen molar-refractivity contribution in [2.45, 2.75) is 12.5 Å². The van der Waals surface area contributed by atoms with E-state index in [0.717, 1.165) is 30.8 Å². The van der Waals surface area contributed by atoms with Crippen LogP contribution in [0.5, 0.6) is 0 Å². The monoisotopic (exact) mass is 326 g/mol. The van der Waals surface area contributed by atoms with Crippen LogP contribution in [0.4, 0.5) is 0 Å². The van der Waals surface area contributed by atoms with Gasteiger partial charge < -0.3 is 10.6 Å². The Bertz CT molecular complexity index is 606. The Morgan fingerprint density at radius 1 is 1.33 bits per heavy atom. The van der Waals surface area contributed by atoms with E-state index in [1.807, 2.05) is 12.1 Å². The van der Waals surface area contributed by atoms with Gasteiger partial charge in [-0.2, -0.15) is 5.10 Å². The van der Waals surface area contributed by atoms with Crippen LogP contribution in [0.1, 0.15) is 16.9 Å². The van der Waals surface area contributed by atoms with Gasteiger partial charge in [0.15, 0.2) is 0 Å². The van der Waals surface area contributed by atoms with E-state index in [9.17, 15) is 4.79 Å².